The molecule has 0 spiro atoms. The van der Waals surface area contributed by atoms with Crippen molar-refractivity contribution in [1.29, 1.82) is 0 Å². The monoisotopic (exact) mass is 224 g/mol. The summed E-state index contributed by atoms with van der Waals surface area (Å²) in [5.74, 6) is 0. The molecular weight excluding hydrogens is 212 g/mol. The summed E-state index contributed by atoms with van der Waals surface area (Å²) in [6.45, 7) is 1.92. The number of thiocarbonyl (C=S) groups is 1. The minimum absolute atomic E-state index is 0.202. The Balaban J connectivity index is 2.05. The van der Waals surface area contributed by atoms with Gasteiger partial charge >= 0.3 is 0 Å². The van der Waals surface area contributed by atoms with Crippen molar-refractivity contribution in [3.05, 3.63) is 22.9 Å². The third-order valence-electron chi connectivity index (χ3n) is 2.35. The second-order valence-electron chi connectivity index (χ2n) is 3.42. The molecule has 0 unspecified atom stereocenters. The molecule has 0 aromatic carbocycles. The van der Waals surface area contributed by atoms with Gasteiger partial charge in [-0.15, -0.1) is 0 Å². The van der Waals surface area contributed by atoms with Crippen LogP contribution < -0.4 is 10.9 Å². The van der Waals surface area contributed by atoms with E-state index in [9.17, 15) is 4.79 Å². The third kappa shape index (κ3) is 2.33. The van der Waals surface area contributed by atoms with E-state index in [1.807, 2.05) is 0 Å². The highest BCUT2D eigenvalue weighted by Gasteiger charge is 2.15. The van der Waals surface area contributed by atoms with Gasteiger partial charge < -0.3 is 15.2 Å². The molecule has 1 fully saturated rings. The van der Waals surface area contributed by atoms with Crippen molar-refractivity contribution in [2.75, 3.05) is 18.4 Å². The highest BCUT2D eigenvalue weighted by Crippen LogP contribution is 2.09. The Morgan fingerprint density at radius 3 is 2.93 bits per heavy atom. The lowest BCUT2D eigenvalue weighted by atomic mass is 10.4. The number of likely N-dealkylation sites (tertiary alicyclic amines) is 1. The lowest BCUT2D eigenvalue weighted by Gasteiger charge is -2.18. The average molecular weight is 224 g/mol. The molecule has 15 heavy (non-hydrogen) atoms. The maximum absolute atomic E-state index is 11.3. The van der Waals surface area contributed by atoms with Crippen molar-refractivity contribution >= 4 is 23.0 Å². The first kappa shape index (κ1) is 10.1. The molecule has 5 nitrogen and oxygen atoms in total. The zero-order chi connectivity index (χ0) is 10.7. The molecule has 1 aliphatic rings. The number of nitrogens with zero attached hydrogens (tertiary/aromatic N) is 2. The van der Waals surface area contributed by atoms with E-state index in [0.29, 0.717) is 10.8 Å². The highest BCUT2D eigenvalue weighted by molar-refractivity contribution is 7.80. The second kappa shape index (κ2) is 4.39. The predicted molar refractivity (Wildman–Crippen MR) is 61.9 cm³/mol. The van der Waals surface area contributed by atoms with E-state index in [1.165, 1.54) is 12.5 Å². The quantitative estimate of drug-likeness (QED) is 0.683. The van der Waals surface area contributed by atoms with Gasteiger partial charge in [0, 0.05) is 13.1 Å². The minimum atomic E-state index is -0.202. The standard InChI is InChI=1S/C9H12N4OS/c14-8-7(5-10-6-11-8)12-9(15)13-3-1-2-4-13/h5-6H,1-4H2,(H,12,15)(H,10,11,14). The van der Waals surface area contributed by atoms with Crippen LogP contribution in [0.1, 0.15) is 12.8 Å². The van der Waals surface area contributed by atoms with Crippen LogP contribution in [0.25, 0.3) is 0 Å². The van der Waals surface area contributed by atoms with Gasteiger partial charge in [0.2, 0.25) is 0 Å². The predicted octanol–water partition coefficient (Wildman–Crippen LogP) is 0.563. The largest absolute Gasteiger partial charge is 0.349 e. The molecule has 0 radical (unpaired) electrons. The summed E-state index contributed by atoms with van der Waals surface area (Å²) in [5.41, 5.74) is 0.195. The van der Waals surface area contributed by atoms with Gasteiger partial charge in [-0.3, -0.25) is 4.79 Å². The molecule has 0 bridgehead atoms. The van der Waals surface area contributed by atoms with Gasteiger partial charge in [-0.05, 0) is 25.1 Å². The fourth-order valence-corrected chi connectivity index (χ4v) is 1.84. The van der Waals surface area contributed by atoms with Gasteiger partial charge in [0.25, 0.3) is 5.56 Å². The van der Waals surface area contributed by atoms with Crippen LogP contribution in [0.2, 0.25) is 0 Å². The molecule has 1 saturated heterocycles. The van der Waals surface area contributed by atoms with Gasteiger partial charge in [0.1, 0.15) is 5.69 Å². The molecule has 0 aliphatic carbocycles. The molecule has 0 amide bonds. The average Bonchev–Trinajstić information content (AvgIpc) is 2.74. The van der Waals surface area contributed by atoms with E-state index in [2.05, 4.69) is 20.2 Å². The van der Waals surface area contributed by atoms with Crippen LogP contribution in [0.4, 0.5) is 5.69 Å². The Kier molecular flexibility index (Phi) is 2.96. The van der Waals surface area contributed by atoms with Crippen molar-refractivity contribution < 1.29 is 0 Å². The summed E-state index contributed by atoms with van der Waals surface area (Å²) in [5, 5.41) is 3.51. The summed E-state index contributed by atoms with van der Waals surface area (Å²) in [6, 6.07) is 0. The number of hydrogen-bond acceptors (Lipinski definition) is 3. The van der Waals surface area contributed by atoms with Crippen LogP contribution in [-0.2, 0) is 0 Å². The molecule has 1 aromatic rings. The summed E-state index contributed by atoms with van der Waals surface area (Å²) in [7, 11) is 0. The van der Waals surface area contributed by atoms with Crippen LogP contribution in [0, 0.1) is 0 Å². The van der Waals surface area contributed by atoms with Crippen molar-refractivity contribution in [3.63, 3.8) is 0 Å². The molecule has 0 saturated carbocycles. The fourth-order valence-electron chi connectivity index (χ4n) is 1.55. The Hall–Kier alpha value is -1.43. The maximum atomic E-state index is 11.3. The van der Waals surface area contributed by atoms with Crippen molar-refractivity contribution in [3.8, 4) is 0 Å². The third-order valence-corrected chi connectivity index (χ3v) is 2.71. The van der Waals surface area contributed by atoms with E-state index in [4.69, 9.17) is 12.2 Å². The van der Waals surface area contributed by atoms with Crippen LogP contribution in [0.15, 0.2) is 17.3 Å². The van der Waals surface area contributed by atoms with Crippen molar-refractivity contribution in [1.82, 2.24) is 14.9 Å². The molecular formula is C9H12N4OS. The number of aromatic nitrogens is 2. The number of H-pyrrole nitrogens is 1. The Bertz CT molecular complexity index is 411. The summed E-state index contributed by atoms with van der Waals surface area (Å²) < 4.78 is 0. The van der Waals surface area contributed by atoms with Crippen LogP contribution in [-0.4, -0.2) is 33.1 Å². The summed E-state index contributed by atoms with van der Waals surface area (Å²) in [4.78, 5) is 19.7. The fraction of sp³-hybridized carbons (Fsp3) is 0.444. The Morgan fingerprint density at radius 1 is 1.53 bits per heavy atom. The van der Waals surface area contributed by atoms with Crippen LogP contribution in [0.5, 0.6) is 0 Å². The molecule has 2 rings (SSSR count). The van der Waals surface area contributed by atoms with E-state index < -0.39 is 0 Å². The van der Waals surface area contributed by atoms with Crippen LogP contribution >= 0.6 is 12.2 Å². The van der Waals surface area contributed by atoms with Crippen molar-refractivity contribution in [2.45, 2.75) is 12.8 Å². The lowest BCUT2D eigenvalue weighted by Crippen LogP contribution is -2.33. The molecule has 0 atom stereocenters. The normalized spacial score (nSPS) is 15.3. The Morgan fingerprint density at radius 2 is 2.27 bits per heavy atom. The van der Waals surface area contributed by atoms with E-state index in [1.54, 1.807) is 0 Å². The zero-order valence-corrected chi connectivity index (χ0v) is 9.01. The number of anilines is 1. The maximum Gasteiger partial charge on any atom is 0.274 e. The molecule has 1 aromatic heterocycles. The number of rotatable bonds is 1. The lowest BCUT2D eigenvalue weighted by molar-refractivity contribution is 0.528. The first-order valence-electron chi connectivity index (χ1n) is 4.86. The molecule has 1 aliphatic heterocycles. The second-order valence-corrected chi connectivity index (χ2v) is 3.81. The SMILES string of the molecule is O=c1[nH]cncc1NC(=S)N1CCCC1. The zero-order valence-electron chi connectivity index (χ0n) is 8.19. The van der Waals surface area contributed by atoms with E-state index in [0.717, 1.165) is 25.9 Å². The smallest absolute Gasteiger partial charge is 0.274 e. The molecule has 80 valence electrons. The van der Waals surface area contributed by atoms with Gasteiger partial charge in [0.15, 0.2) is 5.11 Å². The summed E-state index contributed by atoms with van der Waals surface area (Å²) >= 11 is 5.19. The summed E-state index contributed by atoms with van der Waals surface area (Å²) in [6.07, 6.45) is 5.14. The van der Waals surface area contributed by atoms with Crippen molar-refractivity contribution in [2.24, 2.45) is 0 Å². The van der Waals surface area contributed by atoms with Gasteiger partial charge in [0.05, 0.1) is 12.5 Å². The topological polar surface area (TPSA) is 61.0 Å². The van der Waals surface area contributed by atoms with Gasteiger partial charge in [-0.25, -0.2) is 4.98 Å². The molecule has 2 heterocycles. The van der Waals surface area contributed by atoms with E-state index >= 15 is 0 Å². The van der Waals surface area contributed by atoms with Gasteiger partial charge in [-0.2, -0.15) is 0 Å². The highest BCUT2D eigenvalue weighted by atomic mass is 32.1. The Labute approximate surface area is 92.5 Å². The number of hydrogen-bond donors (Lipinski definition) is 2. The van der Waals surface area contributed by atoms with Gasteiger partial charge in [-0.1, -0.05) is 0 Å². The molecule has 6 heteroatoms. The number of aromatic amines is 1. The molecule has 2 N–H and O–H groups in total. The van der Waals surface area contributed by atoms with Crippen LogP contribution in [0.3, 0.4) is 0 Å². The van der Waals surface area contributed by atoms with E-state index in [-0.39, 0.29) is 5.56 Å². The minimum Gasteiger partial charge on any atom is -0.349 e. The first-order valence-corrected chi connectivity index (χ1v) is 5.27. The number of nitrogens with one attached hydrogen (secondary N) is 2. The first-order chi connectivity index (χ1) is 7.27.